The summed E-state index contributed by atoms with van der Waals surface area (Å²) >= 11 is 5.89. The number of guanidine groups is 1. The van der Waals surface area contributed by atoms with Gasteiger partial charge in [0.25, 0.3) is 0 Å². The van der Waals surface area contributed by atoms with Crippen molar-refractivity contribution in [3.05, 3.63) is 58.7 Å². The van der Waals surface area contributed by atoms with Crippen LogP contribution in [0.3, 0.4) is 0 Å². The molecular weight excluding hydrogens is 312 g/mol. The first-order valence-electron chi connectivity index (χ1n) is 7.47. The van der Waals surface area contributed by atoms with E-state index in [0.29, 0.717) is 19.0 Å². The maximum Gasteiger partial charge on any atom is 0.212 e. The van der Waals surface area contributed by atoms with Crippen molar-refractivity contribution in [1.29, 1.82) is 0 Å². The van der Waals surface area contributed by atoms with E-state index in [1.54, 1.807) is 13.3 Å². The second-order valence-electron chi connectivity index (χ2n) is 4.88. The summed E-state index contributed by atoms with van der Waals surface area (Å²) in [5.41, 5.74) is 2.17. The van der Waals surface area contributed by atoms with Crippen LogP contribution in [0, 0.1) is 0 Å². The minimum Gasteiger partial charge on any atom is -0.481 e. The van der Waals surface area contributed by atoms with Gasteiger partial charge < -0.3 is 15.4 Å². The third-order valence-electron chi connectivity index (χ3n) is 3.14. The van der Waals surface area contributed by atoms with Crippen LogP contribution in [0.5, 0.6) is 5.88 Å². The Labute approximate surface area is 141 Å². The first-order chi connectivity index (χ1) is 11.2. The molecule has 0 aliphatic rings. The Bertz CT molecular complexity index is 626. The predicted molar refractivity (Wildman–Crippen MR) is 93.9 cm³/mol. The molecule has 1 aromatic carbocycles. The van der Waals surface area contributed by atoms with Gasteiger partial charge in [-0.3, -0.25) is 0 Å². The van der Waals surface area contributed by atoms with Crippen molar-refractivity contribution < 1.29 is 4.74 Å². The Kier molecular flexibility index (Phi) is 6.69. The Hall–Kier alpha value is -2.27. The molecule has 6 heteroatoms. The van der Waals surface area contributed by atoms with Gasteiger partial charge in [-0.1, -0.05) is 29.8 Å². The second-order valence-corrected chi connectivity index (χ2v) is 5.32. The van der Waals surface area contributed by atoms with Gasteiger partial charge in [0.2, 0.25) is 5.88 Å². The lowest BCUT2D eigenvalue weighted by Crippen LogP contribution is -2.36. The van der Waals surface area contributed by atoms with Crippen LogP contribution >= 0.6 is 11.6 Å². The van der Waals surface area contributed by atoms with Crippen LogP contribution in [0.2, 0.25) is 5.02 Å². The number of nitrogens with one attached hydrogen (secondary N) is 2. The molecule has 23 heavy (non-hydrogen) atoms. The quantitative estimate of drug-likeness (QED) is 0.630. The van der Waals surface area contributed by atoms with Crippen molar-refractivity contribution in [3.8, 4) is 5.88 Å². The molecule has 0 spiro atoms. The normalized spacial score (nSPS) is 11.2. The monoisotopic (exact) mass is 332 g/mol. The Balaban J connectivity index is 1.94. The van der Waals surface area contributed by atoms with Crippen molar-refractivity contribution in [2.24, 2.45) is 4.99 Å². The van der Waals surface area contributed by atoms with Crippen molar-refractivity contribution in [2.45, 2.75) is 20.0 Å². The molecule has 0 radical (unpaired) electrons. The fourth-order valence-corrected chi connectivity index (χ4v) is 2.05. The molecule has 2 rings (SSSR count). The van der Waals surface area contributed by atoms with Crippen molar-refractivity contribution in [3.63, 3.8) is 0 Å². The molecule has 0 saturated heterocycles. The van der Waals surface area contributed by atoms with Gasteiger partial charge in [0.05, 0.1) is 13.7 Å². The second kappa shape index (κ2) is 9.00. The number of benzene rings is 1. The van der Waals surface area contributed by atoms with Crippen molar-refractivity contribution >= 4 is 17.6 Å². The Morgan fingerprint density at radius 3 is 2.48 bits per heavy atom. The number of aliphatic imine (C=N–C) groups is 1. The zero-order valence-corrected chi connectivity index (χ0v) is 14.1. The lowest BCUT2D eigenvalue weighted by Gasteiger charge is -2.11. The third kappa shape index (κ3) is 5.79. The van der Waals surface area contributed by atoms with Gasteiger partial charge in [-0.2, -0.15) is 0 Å². The molecule has 0 aliphatic heterocycles. The Morgan fingerprint density at radius 1 is 1.13 bits per heavy atom. The molecule has 2 N–H and O–H groups in total. The maximum absolute atomic E-state index is 5.89. The number of aromatic nitrogens is 1. The van der Waals surface area contributed by atoms with E-state index in [1.165, 1.54) is 0 Å². The first kappa shape index (κ1) is 17.1. The fourth-order valence-electron chi connectivity index (χ4n) is 1.93. The van der Waals surface area contributed by atoms with Crippen LogP contribution in [0.4, 0.5) is 0 Å². The zero-order valence-electron chi connectivity index (χ0n) is 13.3. The van der Waals surface area contributed by atoms with E-state index in [9.17, 15) is 0 Å². The van der Waals surface area contributed by atoms with E-state index < -0.39 is 0 Å². The summed E-state index contributed by atoms with van der Waals surface area (Å²) in [6.45, 7) is 4.07. The minimum absolute atomic E-state index is 0.549. The molecule has 5 nitrogen and oxygen atoms in total. The highest BCUT2D eigenvalue weighted by Gasteiger charge is 2.00. The van der Waals surface area contributed by atoms with E-state index >= 15 is 0 Å². The van der Waals surface area contributed by atoms with Gasteiger partial charge in [-0.15, -0.1) is 0 Å². The number of methoxy groups -OCH3 is 1. The van der Waals surface area contributed by atoms with Crippen LogP contribution in [0.15, 0.2) is 47.6 Å². The zero-order chi connectivity index (χ0) is 16.5. The molecule has 0 amide bonds. The molecule has 2 aromatic rings. The number of hydrogen-bond donors (Lipinski definition) is 2. The lowest BCUT2D eigenvalue weighted by molar-refractivity contribution is 0.397. The van der Waals surface area contributed by atoms with Crippen molar-refractivity contribution in [2.75, 3.05) is 13.7 Å². The topological polar surface area (TPSA) is 58.5 Å². The van der Waals surface area contributed by atoms with E-state index in [2.05, 4.69) is 20.6 Å². The minimum atomic E-state index is 0.549. The summed E-state index contributed by atoms with van der Waals surface area (Å²) in [7, 11) is 1.60. The number of hydrogen-bond acceptors (Lipinski definition) is 3. The molecule has 1 aromatic heterocycles. The fraction of sp³-hybridized carbons (Fsp3) is 0.294. The van der Waals surface area contributed by atoms with Crippen LogP contribution in [0.25, 0.3) is 0 Å². The van der Waals surface area contributed by atoms with E-state index in [-0.39, 0.29) is 0 Å². The summed E-state index contributed by atoms with van der Waals surface area (Å²) in [6, 6.07) is 11.5. The number of halogens is 1. The largest absolute Gasteiger partial charge is 0.481 e. The number of ether oxygens (including phenoxy) is 1. The molecule has 0 saturated carbocycles. The van der Waals surface area contributed by atoms with Gasteiger partial charge in [0, 0.05) is 30.4 Å². The average Bonchev–Trinajstić information content (AvgIpc) is 2.59. The molecule has 0 atom stereocenters. The summed E-state index contributed by atoms with van der Waals surface area (Å²) in [4.78, 5) is 8.74. The SMILES string of the molecule is CCNC(=NCc1ccc(OC)nc1)NCc1ccc(Cl)cc1. The summed E-state index contributed by atoms with van der Waals surface area (Å²) < 4.78 is 5.05. The van der Waals surface area contributed by atoms with Crippen LogP contribution in [0.1, 0.15) is 18.1 Å². The molecule has 1 heterocycles. The highest BCUT2D eigenvalue weighted by molar-refractivity contribution is 6.30. The number of rotatable bonds is 6. The molecule has 0 aliphatic carbocycles. The molecule has 0 fully saturated rings. The Morgan fingerprint density at radius 2 is 1.87 bits per heavy atom. The summed E-state index contributed by atoms with van der Waals surface area (Å²) in [5, 5.41) is 7.26. The summed E-state index contributed by atoms with van der Waals surface area (Å²) in [5.74, 6) is 1.36. The molecular formula is C17H21ClN4O. The smallest absolute Gasteiger partial charge is 0.212 e. The van der Waals surface area contributed by atoms with Crippen LogP contribution < -0.4 is 15.4 Å². The van der Waals surface area contributed by atoms with Crippen LogP contribution in [-0.2, 0) is 13.1 Å². The standard InChI is InChI=1S/C17H21ClN4O/c1-3-19-17(21-10-13-4-7-15(18)8-5-13)22-12-14-6-9-16(23-2)20-11-14/h4-9,11H,3,10,12H2,1-2H3,(H2,19,21,22). The van der Waals surface area contributed by atoms with Crippen molar-refractivity contribution in [1.82, 2.24) is 15.6 Å². The summed E-state index contributed by atoms with van der Waals surface area (Å²) in [6.07, 6.45) is 1.77. The first-order valence-corrected chi connectivity index (χ1v) is 7.84. The van der Waals surface area contributed by atoms with Gasteiger partial charge in [0.1, 0.15) is 0 Å². The number of nitrogens with zero attached hydrogens (tertiary/aromatic N) is 2. The molecule has 122 valence electrons. The van der Waals surface area contributed by atoms with Gasteiger partial charge in [-0.05, 0) is 30.2 Å². The maximum atomic E-state index is 5.89. The van der Waals surface area contributed by atoms with Gasteiger partial charge in [0.15, 0.2) is 5.96 Å². The van der Waals surface area contributed by atoms with Crippen LogP contribution in [-0.4, -0.2) is 24.6 Å². The molecule has 0 bridgehead atoms. The predicted octanol–water partition coefficient (Wildman–Crippen LogP) is 3.00. The highest BCUT2D eigenvalue weighted by Crippen LogP contribution is 2.09. The average molecular weight is 333 g/mol. The highest BCUT2D eigenvalue weighted by atomic mass is 35.5. The van der Waals surface area contributed by atoms with E-state index in [0.717, 1.165) is 28.7 Å². The van der Waals surface area contributed by atoms with Gasteiger partial charge >= 0.3 is 0 Å². The lowest BCUT2D eigenvalue weighted by atomic mass is 10.2. The molecule has 0 unspecified atom stereocenters. The number of pyridine rings is 1. The third-order valence-corrected chi connectivity index (χ3v) is 3.40. The van der Waals surface area contributed by atoms with Gasteiger partial charge in [-0.25, -0.2) is 9.98 Å². The van der Waals surface area contributed by atoms with E-state index in [1.807, 2.05) is 43.3 Å². The van der Waals surface area contributed by atoms with E-state index in [4.69, 9.17) is 16.3 Å².